The van der Waals surface area contributed by atoms with Gasteiger partial charge in [-0.25, -0.2) is 9.59 Å². The number of nitrogen functional groups attached to an aromatic ring is 1. The molecule has 0 aliphatic heterocycles. The fraction of sp³-hybridized carbons (Fsp3) is 0. The smallest absolute Gasteiger partial charge is 0.335 e. The highest BCUT2D eigenvalue weighted by Crippen LogP contribution is 2.12. The van der Waals surface area contributed by atoms with Gasteiger partial charge in [0.05, 0.1) is 16.1 Å². The maximum atomic E-state index is 10.4. The SMILES string of the molecule is Nc1cccc(C(=O)O)c1.O=C(O)c1cccc([N+](=O)[O-])c1. The lowest BCUT2D eigenvalue weighted by Crippen LogP contribution is -1.97. The Morgan fingerprint density at radius 1 is 0.955 bits per heavy atom. The van der Waals surface area contributed by atoms with Gasteiger partial charge in [0.15, 0.2) is 0 Å². The zero-order chi connectivity index (χ0) is 16.7. The third kappa shape index (κ3) is 4.93. The predicted octanol–water partition coefficient (Wildman–Crippen LogP) is 2.26. The second-order valence-corrected chi connectivity index (χ2v) is 4.04. The average Bonchev–Trinajstić information content (AvgIpc) is 2.48. The Bertz CT molecular complexity index is 685. The van der Waals surface area contributed by atoms with Crippen molar-refractivity contribution in [3.63, 3.8) is 0 Å². The van der Waals surface area contributed by atoms with Crippen LogP contribution in [0.1, 0.15) is 20.7 Å². The molecule has 0 saturated heterocycles. The lowest BCUT2D eigenvalue weighted by Gasteiger charge is -1.93. The molecule has 8 nitrogen and oxygen atoms in total. The number of anilines is 1. The highest BCUT2D eigenvalue weighted by atomic mass is 16.6. The fourth-order valence-electron chi connectivity index (χ4n) is 1.42. The number of carboxylic acids is 2. The van der Waals surface area contributed by atoms with Crippen LogP contribution in [0.2, 0.25) is 0 Å². The Kier molecular flexibility index (Phi) is 5.58. The molecule has 0 radical (unpaired) electrons. The fourth-order valence-corrected chi connectivity index (χ4v) is 1.42. The van der Waals surface area contributed by atoms with Gasteiger partial charge in [-0.1, -0.05) is 12.1 Å². The van der Waals surface area contributed by atoms with E-state index < -0.39 is 16.9 Å². The van der Waals surface area contributed by atoms with E-state index in [0.717, 1.165) is 6.07 Å². The summed E-state index contributed by atoms with van der Waals surface area (Å²) in [4.78, 5) is 30.2. The molecule has 4 N–H and O–H groups in total. The molecule has 2 rings (SSSR count). The summed E-state index contributed by atoms with van der Waals surface area (Å²) < 4.78 is 0. The lowest BCUT2D eigenvalue weighted by molar-refractivity contribution is -0.384. The summed E-state index contributed by atoms with van der Waals surface area (Å²) in [5.41, 5.74) is 5.73. The summed E-state index contributed by atoms with van der Waals surface area (Å²) in [7, 11) is 0. The molecule has 2 aromatic rings. The van der Waals surface area contributed by atoms with E-state index in [9.17, 15) is 19.7 Å². The van der Waals surface area contributed by atoms with Crippen molar-refractivity contribution in [3.8, 4) is 0 Å². The van der Waals surface area contributed by atoms with Crippen LogP contribution in [0.4, 0.5) is 11.4 Å². The predicted molar refractivity (Wildman–Crippen MR) is 77.9 cm³/mol. The zero-order valence-corrected chi connectivity index (χ0v) is 11.2. The molecule has 114 valence electrons. The largest absolute Gasteiger partial charge is 0.478 e. The maximum absolute atomic E-state index is 10.4. The van der Waals surface area contributed by atoms with Gasteiger partial charge in [0.1, 0.15) is 0 Å². The molecule has 0 amide bonds. The lowest BCUT2D eigenvalue weighted by atomic mass is 10.2. The van der Waals surface area contributed by atoms with Crippen molar-refractivity contribution in [3.05, 3.63) is 69.8 Å². The van der Waals surface area contributed by atoms with Crippen LogP contribution >= 0.6 is 0 Å². The van der Waals surface area contributed by atoms with E-state index in [1.165, 1.54) is 30.3 Å². The molecule has 2 aromatic carbocycles. The van der Waals surface area contributed by atoms with Crippen LogP contribution in [0.15, 0.2) is 48.5 Å². The standard InChI is InChI=1S/C7H5NO4.C7H7NO2/c9-7(10)5-2-1-3-6(4-5)8(11)12;8-6-3-1-2-5(4-6)7(9)10/h1-4H,(H,9,10);1-4H,8H2,(H,9,10). The van der Waals surface area contributed by atoms with E-state index in [4.69, 9.17) is 15.9 Å². The molecule has 0 saturated carbocycles. The van der Waals surface area contributed by atoms with Crippen LogP contribution in [0.3, 0.4) is 0 Å². The van der Waals surface area contributed by atoms with E-state index in [1.807, 2.05) is 0 Å². The summed E-state index contributed by atoms with van der Waals surface area (Å²) in [5, 5.41) is 27.1. The highest BCUT2D eigenvalue weighted by Gasteiger charge is 2.09. The Morgan fingerprint density at radius 3 is 1.86 bits per heavy atom. The first-order valence-electron chi connectivity index (χ1n) is 5.88. The number of nitrogens with zero attached hydrogens (tertiary/aromatic N) is 1. The summed E-state index contributed by atoms with van der Waals surface area (Å²) in [6, 6.07) is 11.1. The molecule has 0 heterocycles. The topological polar surface area (TPSA) is 144 Å². The number of benzene rings is 2. The number of carboxylic acid groups (broad SMARTS) is 2. The first kappa shape index (κ1) is 16.6. The number of nitrogens with two attached hydrogens (primary N) is 1. The van der Waals surface area contributed by atoms with Crippen molar-refractivity contribution in [2.75, 3.05) is 5.73 Å². The van der Waals surface area contributed by atoms with Crippen molar-refractivity contribution in [1.29, 1.82) is 0 Å². The first-order chi connectivity index (χ1) is 10.3. The number of nitro groups is 1. The molecule has 0 atom stereocenters. The molecule has 22 heavy (non-hydrogen) atoms. The molecular weight excluding hydrogens is 292 g/mol. The Morgan fingerprint density at radius 2 is 1.45 bits per heavy atom. The Balaban J connectivity index is 0.000000224. The third-order valence-corrected chi connectivity index (χ3v) is 2.44. The molecule has 0 bridgehead atoms. The van der Waals surface area contributed by atoms with Crippen molar-refractivity contribution in [2.45, 2.75) is 0 Å². The number of nitro benzene ring substituents is 1. The highest BCUT2D eigenvalue weighted by molar-refractivity contribution is 5.88. The van der Waals surface area contributed by atoms with Crippen LogP contribution in [0.25, 0.3) is 0 Å². The molecule has 0 aliphatic rings. The second-order valence-electron chi connectivity index (χ2n) is 4.04. The minimum Gasteiger partial charge on any atom is -0.478 e. The number of hydrogen-bond acceptors (Lipinski definition) is 5. The summed E-state index contributed by atoms with van der Waals surface area (Å²) in [6.45, 7) is 0. The number of aromatic carboxylic acids is 2. The van der Waals surface area contributed by atoms with Gasteiger partial charge in [-0.3, -0.25) is 10.1 Å². The number of hydrogen-bond donors (Lipinski definition) is 3. The Labute approximate surface area is 124 Å². The monoisotopic (exact) mass is 304 g/mol. The van der Waals surface area contributed by atoms with Crippen molar-refractivity contribution in [1.82, 2.24) is 0 Å². The maximum Gasteiger partial charge on any atom is 0.335 e. The van der Waals surface area contributed by atoms with Crippen LogP contribution in [-0.2, 0) is 0 Å². The summed E-state index contributed by atoms with van der Waals surface area (Å²) in [6.07, 6.45) is 0. The van der Waals surface area contributed by atoms with Crippen LogP contribution in [0, 0.1) is 10.1 Å². The van der Waals surface area contributed by atoms with Crippen LogP contribution < -0.4 is 5.73 Å². The molecule has 0 spiro atoms. The van der Waals surface area contributed by atoms with Crippen molar-refractivity contribution in [2.24, 2.45) is 0 Å². The van der Waals surface area contributed by atoms with E-state index in [1.54, 1.807) is 12.1 Å². The van der Waals surface area contributed by atoms with Gasteiger partial charge in [0, 0.05) is 17.8 Å². The van der Waals surface area contributed by atoms with Gasteiger partial charge in [-0.2, -0.15) is 0 Å². The number of non-ortho nitro benzene ring substituents is 1. The molecule has 0 unspecified atom stereocenters. The van der Waals surface area contributed by atoms with Crippen molar-refractivity contribution < 1.29 is 24.7 Å². The quantitative estimate of drug-likeness (QED) is 0.448. The van der Waals surface area contributed by atoms with Crippen LogP contribution in [-0.4, -0.2) is 27.1 Å². The van der Waals surface area contributed by atoms with Crippen LogP contribution in [0.5, 0.6) is 0 Å². The second kappa shape index (κ2) is 7.39. The molecule has 0 aliphatic carbocycles. The van der Waals surface area contributed by atoms with E-state index in [0.29, 0.717) is 5.69 Å². The zero-order valence-electron chi connectivity index (χ0n) is 11.2. The van der Waals surface area contributed by atoms with E-state index in [-0.39, 0.29) is 16.8 Å². The number of rotatable bonds is 3. The van der Waals surface area contributed by atoms with Gasteiger partial charge in [0.25, 0.3) is 5.69 Å². The normalized spacial score (nSPS) is 9.27. The van der Waals surface area contributed by atoms with Crippen molar-refractivity contribution >= 4 is 23.3 Å². The average molecular weight is 304 g/mol. The summed E-state index contributed by atoms with van der Waals surface area (Å²) in [5.74, 6) is -2.12. The van der Waals surface area contributed by atoms with E-state index >= 15 is 0 Å². The van der Waals surface area contributed by atoms with Gasteiger partial charge in [-0.15, -0.1) is 0 Å². The van der Waals surface area contributed by atoms with Gasteiger partial charge >= 0.3 is 11.9 Å². The summed E-state index contributed by atoms with van der Waals surface area (Å²) >= 11 is 0. The minimum atomic E-state index is -1.17. The molecule has 8 heteroatoms. The molecule has 0 fully saturated rings. The van der Waals surface area contributed by atoms with E-state index in [2.05, 4.69) is 0 Å². The minimum absolute atomic E-state index is 0.0794. The molecule has 0 aromatic heterocycles. The first-order valence-corrected chi connectivity index (χ1v) is 5.88. The third-order valence-electron chi connectivity index (χ3n) is 2.44. The van der Waals surface area contributed by atoms with Gasteiger partial charge in [-0.05, 0) is 24.3 Å². The Hall–Kier alpha value is -3.42. The van der Waals surface area contributed by atoms with Gasteiger partial charge < -0.3 is 15.9 Å². The van der Waals surface area contributed by atoms with Gasteiger partial charge in [0.2, 0.25) is 0 Å². The molecular formula is C14H12N2O6. The number of carbonyl (C=O) groups is 2.